The van der Waals surface area contributed by atoms with Crippen molar-refractivity contribution in [2.75, 3.05) is 0 Å². The average molecular weight is 797 g/mol. The van der Waals surface area contributed by atoms with Gasteiger partial charge in [-0.1, -0.05) is 265 Å². The van der Waals surface area contributed by atoms with Gasteiger partial charge in [-0.3, -0.25) is 0 Å². The summed E-state index contributed by atoms with van der Waals surface area (Å²) in [6.07, 6.45) is 9.08. The minimum atomic E-state index is -1.69. The van der Waals surface area contributed by atoms with Crippen molar-refractivity contribution in [2.24, 2.45) is 0 Å². The molecule has 0 N–H and O–H groups in total. The molecule has 56 heavy (non-hydrogen) atoms. The zero-order valence-corrected chi connectivity index (χ0v) is 39.0. The van der Waals surface area contributed by atoms with Crippen molar-refractivity contribution in [2.45, 2.75) is 76.6 Å². The maximum absolute atomic E-state index is 2.52. The lowest BCUT2D eigenvalue weighted by atomic mass is 10.1. The lowest BCUT2D eigenvalue weighted by Crippen LogP contribution is -2.44. The summed E-state index contributed by atoms with van der Waals surface area (Å²) < 4.78 is 0. The minimum Gasteiger partial charge on any atom is -0.0652 e. The smallest absolute Gasteiger partial charge is 0.0652 e. The van der Waals surface area contributed by atoms with Gasteiger partial charge < -0.3 is 0 Å². The summed E-state index contributed by atoms with van der Waals surface area (Å²) in [5, 5.41) is 6.08. The van der Waals surface area contributed by atoms with Crippen molar-refractivity contribution in [3.05, 3.63) is 190 Å². The van der Waals surface area contributed by atoms with E-state index in [2.05, 4.69) is 222 Å². The van der Waals surface area contributed by atoms with Crippen LogP contribution in [0, 0.1) is 0 Å². The van der Waals surface area contributed by atoms with Crippen molar-refractivity contribution in [1.29, 1.82) is 0 Å². The highest BCUT2D eigenvalue weighted by Crippen LogP contribution is 2.22. The van der Waals surface area contributed by atoms with Gasteiger partial charge in [0.15, 0.2) is 0 Å². The third-order valence-electron chi connectivity index (χ3n) is 12.3. The van der Waals surface area contributed by atoms with Crippen LogP contribution in [0.15, 0.2) is 146 Å². The van der Waals surface area contributed by atoms with E-state index in [0.717, 1.165) is 24.2 Å². The molecule has 0 atom stereocenters. The number of hydrogen-bond acceptors (Lipinski definition) is 0. The molecule has 6 aromatic carbocycles. The second-order valence-electron chi connectivity index (χ2n) is 19.0. The van der Waals surface area contributed by atoms with E-state index >= 15 is 0 Å². The molecule has 0 nitrogen and oxygen atoms in total. The van der Waals surface area contributed by atoms with E-state index in [9.17, 15) is 0 Å². The summed E-state index contributed by atoms with van der Waals surface area (Å²) >= 11 is 0. The van der Waals surface area contributed by atoms with Crippen LogP contribution in [0.5, 0.6) is 0 Å². The van der Waals surface area contributed by atoms with Crippen molar-refractivity contribution in [3.63, 3.8) is 0 Å². The summed E-state index contributed by atoms with van der Waals surface area (Å²) in [5.41, 5.74) is 11.0. The van der Waals surface area contributed by atoms with Crippen LogP contribution in [-0.2, 0) is 24.2 Å². The fraction of sp³-hybridized carbons (Fsp3) is 0.231. The fourth-order valence-corrected chi connectivity index (χ4v) is 18.8. The second kappa shape index (κ2) is 16.3. The van der Waals surface area contributed by atoms with Crippen molar-refractivity contribution in [1.82, 2.24) is 0 Å². The molecule has 0 fully saturated rings. The molecule has 6 aromatic rings. The van der Waals surface area contributed by atoms with Crippen molar-refractivity contribution >= 4 is 77.3 Å². The Morgan fingerprint density at radius 3 is 0.661 bits per heavy atom. The van der Waals surface area contributed by atoms with Gasteiger partial charge in [0.05, 0.1) is 32.3 Å². The Morgan fingerprint density at radius 1 is 0.268 bits per heavy atom. The molecule has 0 unspecified atom stereocenters. The fourth-order valence-electron chi connectivity index (χ4n) is 8.72. The molecule has 7 heterocycles. The van der Waals surface area contributed by atoms with Crippen LogP contribution in [0.4, 0.5) is 0 Å². The Morgan fingerprint density at radius 2 is 0.464 bits per heavy atom. The largest absolute Gasteiger partial charge is 0.0849 e. The van der Waals surface area contributed by atoms with Crippen LogP contribution in [0.2, 0.25) is 52.4 Å². The first-order valence-electron chi connectivity index (χ1n) is 20.6. The summed E-state index contributed by atoms with van der Waals surface area (Å²) in [5.74, 6) is 0. The molecule has 13 rings (SSSR count). The zero-order valence-electron chi connectivity index (χ0n) is 35.0. The monoisotopic (exact) mass is 796 g/mol. The third kappa shape index (κ3) is 9.78. The Kier molecular flexibility index (Phi) is 11.6. The molecule has 0 saturated carbocycles. The summed E-state index contributed by atoms with van der Waals surface area (Å²) in [6, 6.07) is 61.2. The van der Waals surface area contributed by atoms with Gasteiger partial charge in [-0.25, -0.2) is 0 Å². The van der Waals surface area contributed by atoms with Gasteiger partial charge in [0.25, 0.3) is 0 Å². The minimum absolute atomic E-state index is 1.15. The number of hydrogen-bond donors (Lipinski definition) is 0. The molecule has 7 aliphatic rings. The van der Waals surface area contributed by atoms with Gasteiger partial charge in [-0.2, -0.15) is 0 Å². The van der Waals surface area contributed by atoms with Crippen LogP contribution in [0.25, 0.3) is 24.3 Å². The van der Waals surface area contributed by atoms with Crippen LogP contribution in [0.1, 0.15) is 44.5 Å². The van der Waals surface area contributed by atoms with Gasteiger partial charge in [-0.05, 0) is 46.4 Å². The van der Waals surface area contributed by atoms with E-state index in [-0.39, 0.29) is 0 Å². The predicted molar refractivity (Wildman–Crippen MR) is 260 cm³/mol. The van der Waals surface area contributed by atoms with Crippen LogP contribution in [0.3, 0.4) is 0 Å². The molecule has 0 radical (unpaired) electrons. The first kappa shape index (κ1) is 39.9. The summed E-state index contributed by atoms with van der Waals surface area (Å²) in [4.78, 5) is 0. The van der Waals surface area contributed by atoms with E-state index < -0.39 is 32.3 Å². The molecule has 0 amide bonds. The Hall–Kier alpha value is -4.33. The van der Waals surface area contributed by atoms with E-state index in [4.69, 9.17) is 0 Å². The SMILES string of the molecule is C[Si]1(C)Cc2cccc(c2)C[Si](C)(C)c2ccc(cc2)/C=C\c2ccc(cc2)[Si](C)(C)Cc2cccc(c2)C[Si](C)(C)c2ccc(cc2)/C=C\c2ccc1cc2. The van der Waals surface area contributed by atoms with Crippen LogP contribution < -0.4 is 20.7 Å². The highest BCUT2D eigenvalue weighted by Gasteiger charge is 2.28. The molecular weight excluding hydrogens is 737 g/mol. The molecule has 4 heteroatoms. The van der Waals surface area contributed by atoms with Gasteiger partial charge >= 0.3 is 0 Å². The van der Waals surface area contributed by atoms with Crippen molar-refractivity contribution < 1.29 is 0 Å². The maximum Gasteiger partial charge on any atom is 0.0849 e. The Bertz CT molecular complexity index is 2000. The van der Waals surface area contributed by atoms with Gasteiger partial charge in [0, 0.05) is 0 Å². The molecule has 0 saturated heterocycles. The van der Waals surface area contributed by atoms with Gasteiger partial charge in [0.2, 0.25) is 0 Å². The molecule has 284 valence electrons. The third-order valence-corrected chi connectivity index (χ3v) is 25.0. The second-order valence-corrected chi connectivity index (χ2v) is 37.8. The first-order chi connectivity index (χ1) is 26.6. The molecular formula is C52H60Si4. The van der Waals surface area contributed by atoms with Gasteiger partial charge in [-0.15, -0.1) is 0 Å². The molecule has 7 aliphatic heterocycles. The van der Waals surface area contributed by atoms with E-state index in [0.29, 0.717) is 0 Å². The summed E-state index contributed by atoms with van der Waals surface area (Å²) in [7, 11) is -6.76. The standard InChI is InChI=1S/C52H60Si4/c1-53(2)37-45-11-9-12-46(35-45)38-54(3,4)50-29-23-43(24-30-50)17-18-44-25-33-52(34-26-44)56(7,8)40-48-14-10-13-47(36-48)39-55(5,6)51-31-21-42(22-32-51)16-15-41-19-27-49(53)28-20-41/h9-36H,37-40H2,1-8H3/b16-15-,18-17-. The molecule has 12 bridgehead atoms. The average Bonchev–Trinajstić information content (AvgIpc) is 3.16. The zero-order chi connectivity index (χ0) is 39.6. The van der Waals surface area contributed by atoms with Crippen molar-refractivity contribution in [3.8, 4) is 0 Å². The van der Waals surface area contributed by atoms with E-state index in [1.165, 1.54) is 65.3 Å². The van der Waals surface area contributed by atoms with Gasteiger partial charge in [0.1, 0.15) is 0 Å². The van der Waals surface area contributed by atoms with Crippen LogP contribution in [-0.4, -0.2) is 32.3 Å². The number of rotatable bonds is 0. The predicted octanol–water partition coefficient (Wildman–Crippen LogP) is 11.1. The first-order valence-corrected chi connectivity index (χ1v) is 33.4. The van der Waals surface area contributed by atoms with Crippen LogP contribution >= 0.6 is 0 Å². The normalized spacial score (nSPS) is 18.6. The highest BCUT2D eigenvalue weighted by molar-refractivity contribution is 6.90. The Balaban J connectivity index is 1.18. The molecule has 0 aromatic heterocycles. The van der Waals surface area contributed by atoms with E-state index in [1.54, 1.807) is 0 Å². The topological polar surface area (TPSA) is 0 Å². The summed E-state index contributed by atoms with van der Waals surface area (Å²) in [6.45, 7) is 20.2. The lowest BCUT2D eigenvalue weighted by molar-refractivity contribution is 1.25. The molecule has 0 spiro atoms. The maximum atomic E-state index is 2.52. The molecule has 0 aliphatic carbocycles. The lowest BCUT2D eigenvalue weighted by Gasteiger charge is -2.26. The van der Waals surface area contributed by atoms with E-state index in [1.807, 2.05) is 0 Å². The quantitative estimate of drug-likeness (QED) is 0.134. The number of benzene rings is 6. The Labute approximate surface area is 342 Å². The highest BCUT2D eigenvalue weighted by atomic mass is 28.3.